The number of aromatic nitrogens is 2. The lowest BCUT2D eigenvalue weighted by atomic mass is 9.88. The van der Waals surface area contributed by atoms with Crippen molar-refractivity contribution in [3.05, 3.63) is 41.5 Å². The van der Waals surface area contributed by atoms with E-state index in [4.69, 9.17) is 0 Å². The van der Waals surface area contributed by atoms with E-state index in [2.05, 4.69) is 25.8 Å². The van der Waals surface area contributed by atoms with E-state index in [9.17, 15) is 32.3 Å². The van der Waals surface area contributed by atoms with Gasteiger partial charge in [0.1, 0.15) is 24.1 Å². The predicted octanol–water partition coefficient (Wildman–Crippen LogP) is 4.74. The maximum atomic E-state index is 15.5. The first-order valence-corrected chi connectivity index (χ1v) is 14.4. The van der Waals surface area contributed by atoms with E-state index in [0.29, 0.717) is 0 Å². The van der Waals surface area contributed by atoms with Crippen LogP contribution in [0.5, 0.6) is 0 Å². The van der Waals surface area contributed by atoms with Crippen molar-refractivity contribution in [2.45, 2.75) is 70.6 Å². The average Bonchev–Trinajstić information content (AvgIpc) is 3.91. The van der Waals surface area contributed by atoms with Crippen LogP contribution in [0.1, 0.15) is 74.5 Å². The third-order valence-corrected chi connectivity index (χ3v) is 7.82. The lowest BCUT2D eigenvalue weighted by Crippen LogP contribution is -2.50. The number of alkyl halides is 3. The first-order chi connectivity index (χ1) is 20.7. The van der Waals surface area contributed by atoms with Gasteiger partial charge in [0.25, 0.3) is 5.91 Å². The molecule has 2 saturated carbocycles. The molecular weight excluding hydrogens is 588 g/mol. The summed E-state index contributed by atoms with van der Waals surface area (Å²) in [6.45, 7) is 3.36. The molecule has 2 atom stereocenters. The van der Waals surface area contributed by atoms with Crippen molar-refractivity contribution in [2.24, 2.45) is 17.8 Å². The van der Waals surface area contributed by atoms with Crippen molar-refractivity contribution >= 4 is 35.2 Å². The van der Waals surface area contributed by atoms with Crippen LogP contribution < -0.4 is 21.3 Å². The van der Waals surface area contributed by atoms with Gasteiger partial charge in [0.15, 0.2) is 0 Å². The van der Waals surface area contributed by atoms with Gasteiger partial charge in [0.05, 0.1) is 24.4 Å². The highest BCUT2D eigenvalue weighted by Gasteiger charge is 2.48. The van der Waals surface area contributed by atoms with Crippen molar-refractivity contribution in [3.63, 3.8) is 0 Å². The van der Waals surface area contributed by atoms with Crippen LogP contribution in [0.3, 0.4) is 0 Å². The number of methoxy groups -OCH3 is 1. The third kappa shape index (κ3) is 8.05. The highest BCUT2D eigenvalue weighted by Crippen LogP contribution is 2.51. The summed E-state index contributed by atoms with van der Waals surface area (Å²) in [5.41, 5.74) is -0.414. The molecule has 4 amide bonds. The van der Waals surface area contributed by atoms with Gasteiger partial charge in [-0.3, -0.25) is 24.4 Å². The number of halogens is 4. The van der Waals surface area contributed by atoms with Crippen LogP contribution in [0.15, 0.2) is 24.4 Å². The minimum Gasteiger partial charge on any atom is -0.453 e. The second kappa shape index (κ2) is 13.2. The zero-order chi connectivity index (χ0) is 32.3. The zero-order valence-electron chi connectivity index (χ0n) is 24.8. The van der Waals surface area contributed by atoms with Crippen molar-refractivity contribution in [1.82, 2.24) is 20.4 Å². The number of amides is 4. The van der Waals surface area contributed by atoms with Gasteiger partial charge in [-0.05, 0) is 88.0 Å². The summed E-state index contributed by atoms with van der Waals surface area (Å²) in [6.07, 6.45) is -0.580. The van der Waals surface area contributed by atoms with E-state index in [1.807, 2.05) is 13.8 Å². The van der Waals surface area contributed by atoms with Gasteiger partial charge in [0.2, 0.25) is 11.8 Å². The molecule has 0 radical (unpaired) electrons. The topological polar surface area (TPSA) is 143 Å². The van der Waals surface area contributed by atoms with E-state index in [0.717, 1.165) is 44.9 Å². The van der Waals surface area contributed by atoms with Gasteiger partial charge >= 0.3 is 12.3 Å². The number of benzene rings is 1. The lowest BCUT2D eigenvalue weighted by molar-refractivity contribution is -0.139. The number of hydrogen-bond acceptors (Lipinski definition) is 6. The number of nitrogens with zero attached hydrogens (tertiary/aromatic N) is 2. The Kier molecular flexibility index (Phi) is 9.84. The van der Waals surface area contributed by atoms with Gasteiger partial charge in [-0.2, -0.15) is 18.3 Å². The van der Waals surface area contributed by atoms with Crippen LogP contribution in [0.25, 0.3) is 0 Å². The number of carbonyl (C=O) groups is 4. The summed E-state index contributed by atoms with van der Waals surface area (Å²) < 4.78 is 59.5. The zero-order valence-corrected chi connectivity index (χ0v) is 24.8. The minimum atomic E-state index is -4.67. The van der Waals surface area contributed by atoms with Crippen molar-refractivity contribution < 1.29 is 41.5 Å². The van der Waals surface area contributed by atoms with E-state index in [1.54, 1.807) is 11.4 Å². The maximum Gasteiger partial charge on any atom is 0.411 e. The Labute approximate surface area is 251 Å². The molecule has 44 heavy (non-hydrogen) atoms. The molecule has 15 heteroatoms. The molecular formula is C29H36F4N6O5. The Morgan fingerprint density at radius 3 is 2.18 bits per heavy atom. The van der Waals surface area contributed by atoms with E-state index < -0.39 is 54.3 Å². The van der Waals surface area contributed by atoms with Crippen LogP contribution in [0.2, 0.25) is 0 Å². The standard InChI is InChI=1S/C29H36F4N6O5/c1-14(2)39-22(9-10-35-39)26(41)38-24(23(16-5-6-16)17-7-8-17)27(42)36-21-12-20(37-28(43)44-4)18(11-19(21)30)15(3)25(40)34-13-29(31,32)33/h9-12,14-17,23-24H,5-8,13H2,1-4H3,(H,34,40)(H,36,42)(H,37,43)(H,38,41). The van der Waals surface area contributed by atoms with Crippen molar-refractivity contribution in [2.75, 3.05) is 24.3 Å². The smallest absolute Gasteiger partial charge is 0.411 e. The molecule has 4 N–H and O–H groups in total. The minimum absolute atomic E-state index is 0.119. The molecule has 2 aromatic rings. The van der Waals surface area contributed by atoms with Gasteiger partial charge in [-0.15, -0.1) is 0 Å². The number of rotatable bonds is 12. The third-order valence-electron chi connectivity index (χ3n) is 7.82. The molecule has 4 rings (SSSR count). The molecule has 2 aliphatic carbocycles. The molecule has 0 aliphatic heterocycles. The maximum absolute atomic E-state index is 15.5. The van der Waals surface area contributed by atoms with Crippen molar-refractivity contribution in [3.8, 4) is 0 Å². The fourth-order valence-corrected chi connectivity index (χ4v) is 5.35. The van der Waals surface area contributed by atoms with Gasteiger partial charge in [-0.25, -0.2) is 9.18 Å². The summed E-state index contributed by atoms with van der Waals surface area (Å²) in [4.78, 5) is 51.7. The largest absolute Gasteiger partial charge is 0.453 e. The molecule has 1 heterocycles. The second-order valence-corrected chi connectivity index (χ2v) is 11.5. The molecule has 0 saturated heterocycles. The molecule has 1 aromatic carbocycles. The quantitative estimate of drug-likeness (QED) is 0.251. The fourth-order valence-electron chi connectivity index (χ4n) is 5.35. The summed E-state index contributed by atoms with van der Waals surface area (Å²) >= 11 is 0. The second-order valence-electron chi connectivity index (χ2n) is 11.5. The average molecular weight is 625 g/mol. The Bertz CT molecular complexity index is 1390. The molecule has 240 valence electrons. The number of carbonyl (C=O) groups excluding carboxylic acids is 4. The molecule has 0 spiro atoms. The Morgan fingerprint density at radius 2 is 1.64 bits per heavy atom. The first-order valence-electron chi connectivity index (χ1n) is 14.4. The highest BCUT2D eigenvalue weighted by molar-refractivity contribution is 6.01. The Morgan fingerprint density at radius 1 is 1.00 bits per heavy atom. The highest BCUT2D eigenvalue weighted by atomic mass is 19.4. The number of anilines is 2. The predicted molar refractivity (Wildman–Crippen MR) is 151 cm³/mol. The lowest BCUT2D eigenvalue weighted by Gasteiger charge is -2.28. The van der Waals surface area contributed by atoms with E-state index in [1.165, 1.54) is 17.8 Å². The Balaban J connectivity index is 1.63. The van der Waals surface area contributed by atoms with E-state index >= 15 is 4.39 Å². The molecule has 11 nitrogen and oxygen atoms in total. The molecule has 1 aromatic heterocycles. The summed E-state index contributed by atoms with van der Waals surface area (Å²) in [5.74, 6) is -4.32. The van der Waals surface area contributed by atoms with Crippen LogP contribution >= 0.6 is 0 Å². The Hall–Kier alpha value is -4.17. The van der Waals surface area contributed by atoms with Crippen LogP contribution in [-0.4, -0.2) is 59.5 Å². The van der Waals surface area contributed by atoms with E-state index in [-0.39, 0.29) is 46.4 Å². The van der Waals surface area contributed by atoms with Crippen LogP contribution in [-0.2, 0) is 14.3 Å². The van der Waals surface area contributed by atoms with Gasteiger partial charge in [-0.1, -0.05) is 0 Å². The summed E-state index contributed by atoms with van der Waals surface area (Å²) in [5, 5.41) is 13.6. The fraction of sp³-hybridized carbons (Fsp3) is 0.552. The summed E-state index contributed by atoms with van der Waals surface area (Å²) in [6, 6.07) is 2.33. The van der Waals surface area contributed by atoms with Crippen LogP contribution in [0, 0.1) is 23.6 Å². The number of hydrogen-bond donors (Lipinski definition) is 4. The molecule has 0 bridgehead atoms. The first kappa shape index (κ1) is 32.7. The molecule has 2 aliphatic rings. The van der Waals surface area contributed by atoms with Gasteiger partial charge in [0, 0.05) is 12.2 Å². The monoisotopic (exact) mass is 624 g/mol. The molecule has 2 unspecified atom stereocenters. The van der Waals surface area contributed by atoms with Gasteiger partial charge < -0.3 is 20.7 Å². The number of nitrogens with one attached hydrogen (secondary N) is 4. The van der Waals surface area contributed by atoms with Crippen LogP contribution in [0.4, 0.5) is 33.7 Å². The summed E-state index contributed by atoms with van der Waals surface area (Å²) in [7, 11) is 1.06. The number of ether oxygens (including phenoxy) is 1. The SMILES string of the molecule is COC(=O)Nc1cc(NC(=O)C(NC(=O)c2ccnn2C(C)C)C(C2CC2)C2CC2)c(F)cc1C(C)C(=O)NCC(F)(F)F. The molecule has 2 fully saturated rings. The normalized spacial score (nSPS) is 16.3. The van der Waals surface area contributed by atoms with Crippen molar-refractivity contribution in [1.29, 1.82) is 0 Å².